The third kappa shape index (κ3) is 2.64. The molecule has 3 aromatic carbocycles. The largest absolute Gasteiger partial charge is 0.488 e. The highest BCUT2D eigenvalue weighted by molar-refractivity contribution is 7.14. The van der Waals surface area contributed by atoms with Crippen LogP contribution in [0.4, 0.5) is 0 Å². The van der Waals surface area contributed by atoms with Crippen LogP contribution in [0.2, 0.25) is 0 Å². The molecule has 4 aromatic rings. The van der Waals surface area contributed by atoms with Crippen LogP contribution in [0.25, 0.3) is 10.4 Å². The Morgan fingerprint density at radius 1 is 0.724 bits per heavy atom. The first-order chi connectivity index (χ1) is 14.0. The monoisotopic (exact) mass is 396 g/mol. The third-order valence-electron chi connectivity index (χ3n) is 6.03. The van der Waals surface area contributed by atoms with E-state index in [4.69, 9.17) is 0 Å². The molecule has 0 atom stereocenters. The molecule has 0 saturated heterocycles. The van der Waals surface area contributed by atoms with E-state index in [0.29, 0.717) is 5.46 Å². The Bertz CT molecular complexity index is 1140. The minimum Gasteiger partial charge on any atom is -0.423 e. The minimum absolute atomic E-state index is 0.475. The fraction of sp³-hybridized carbons (Fsp3) is 0.120. The summed E-state index contributed by atoms with van der Waals surface area (Å²) in [6.45, 7) is 4.20. The number of fused-ring (bicyclic) bond motifs is 3. The van der Waals surface area contributed by atoms with Gasteiger partial charge in [0.05, 0.1) is 5.41 Å². The molecule has 1 aliphatic rings. The van der Waals surface area contributed by atoms with E-state index in [2.05, 4.69) is 73.8 Å². The van der Waals surface area contributed by atoms with E-state index in [0.717, 1.165) is 5.56 Å². The summed E-state index contributed by atoms with van der Waals surface area (Å²) in [5.74, 6) is 0. The van der Waals surface area contributed by atoms with Gasteiger partial charge >= 0.3 is 7.12 Å². The summed E-state index contributed by atoms with van der Waals surface area (Å²) in [4.78, 5) is 1.25. The quantitative estimate of drug-likeness (QED) is 0.444. The van der Waals surface area contributed by atoms with E-state index in [1.54, 1.807) is 11.3 Å². The SMILES string of the molecule is Cc1ccc(C2(c3ccc(C)cc3)c3cc(B(O)O)ccc3-c3sccc32)cc1. The van der Waals surface area contributed by atoms with Crippen LogP contribution in [0.1, 0.15) is 33.4 Å². The van der Waals surface area contributed by atoms with Crippen molar-refractivity contribution in [2.45, 2.75) is 19.3 Å². The Kier molecular flexibility index (Phi) is 4.25. The van der Waals surface area contributed by atoms with Crippen LogP contribution in [0.5, 0.6) is 0 Å². The van der Waals surface area contributed by atoms with Crippen molar-refractivity contribution < 1.29 is 10.0 Å². The van der Waals surface area contributed by atoms with Gasteiger partial charge in [-0.25, -0.2) is 0 Å². The molecule has 0 saturated carbocycles. The first-order valence-corrected chi connectivity index (χ1v) is 10.6. The van der Waals surface area contributed by atoms with Crippen LogP contribution in [0.15, 0.2) is 78.2 Å². The van der Waals surface area contributed by atoms with Gasteiger partial charge < -0.3 is 10.0 Å². The predicted octanol–water partition coefficient (Wildman–Crippen LogP) is 4.41. The normalized spacial score (nSPS) is 13.8. The molecule has 0 aliphatic heterocycles. The maximum atomic E-state index is 9.86. The van der Waals surface area contributed by atoms with Gasteiger partial charge in [-0.05, 0) is 58.6 Å². The highest BCUT2D eigenvalue weighted by Crippen LogP contribution is 2.57. The van der Waals surface area contributed by atoms with Crippen molar-refractivity contribution in [2.75, 3.05) is 0 Å². The lowest BCUT2D eigenvalue weighted by atomic mass is 9.66. The highest BCUT2D eigenvalue weighted by Gasteiger charge is 2.47. The van der Waals surface area contributed by atoms with Gasteiger partial charge in [-0.1, -0.05) is 77.9 Å². The van der Waals surface area contributed by atoms with E-state index >= 15 is 0 Å². The number of hydrogen-bond donors (Lipinski definition) is 2. The molecule has 29 heavy (non-hydrogen) atoms. The van der Waals surface area contributed by atoms with Crippen molar-refractivity contribution in [2.24, 2.45) is 0 Å². The molecule has 0 radical (unpaired) electrons. The maximum Gasteiger partial charge on any atom is 0.488 e. The summed E-state index contributed by atoms with van der Waals surface area (Å²) in [5.41, 5.74) is 8.39. The Hall–Kier alpha value is -2.66. The van der Waals surface area contributed by atoms with Crippen LogP contribution in [0.3, 0.4) is 0 Å². The van der Waals surface area contributed by atoms with Crippen LogP contribution in [0, 0.1) is 13.8 Å². The van der Waals surface area contributed by atoms with Gasteiger partial charge in [-0.2, -0.15) is 0 Å². The number of benzene rings is 3. The summed E-state index contributed by atoms with van der Waals surface area (Å²) >= 11 is 1.74. The number of thiophene rings is 1. The molecule has 1 heterocycles. The van der Waals surface area contributed by atoms with Crippen molar-refractivity contribution in [3.05, 3.63) is 112 Å². The first kappa shape index (κ1) is 18.4. The van der Waals surface area contributed by atoms with Crippen molar-refractivity contribution in [1.82, 2.24) is 0 Å². The highest BCUT2D eigenvalue weighted by atomic mass is 32.1. The summed E-state index contributed by atoms with van der Waals surface area (Å²) < 4.78 is 0. The predicted molar refractivity (Wildman–Crippen MR) is 121 cm³/mol. The lowest BCUT2D eigenvalue weighted by molar-refractivity contribution is 0.425. The molecule has 0 spiro atoms. The number of rotatable bonds is 3. The fourth-order valence-corrected chi connectivity index (χ4v) is 5.58. The van der Waals surface area contributed by atoms with Gasteiger partial charge in [-0.15, -0.1) is 11.3 Å². The summed E-state index contributed by atoms with van der Waals surface area (Å²) in [5, 5.41) is 21.9. The fourth-order valence-electron chi connectivity index (χ4n) is 4.58. The third-order valence-corrected chi connectivity index (χ3v) is 6.98. The molecule has 0 fully saturated rings. The minimum atomic E-state index is -1.49. The van der Waals surface area contributed by atoms with E-state index in [9.17, 15) is 10.0 Å². The van der Waals surface area contributed by atoms with Crippen LogP contribution in [-0.2, 0) is 5.41 Å². The summed E-state index contributed by atoms with van der Waals surface area (Å²) in [6, 6.07) is 25.4. The Balaban J connectivity index is 1.92. The first-order valence-electron chi connectivity index (χ1n) is 9.75. The van der Waals surface area contributed by atoms with Gasteiger partial charge in [0, 0.05) is 4.88 Å². The maximum absolute atomic E-state index is 9.86. The second kappa shape index (κ2) is 6.70. The van der Waals surface area contributed by atoms with Gasteiger partial charge in [0.15, 0.2) is 0 Å². The topological polar surface area (TPSA) is 40.5 Å². The van der Waals surface area contributed by atoms with Gasteiger partial charge in [-0.3, -0.25) is 0 Å². The molecule has 2 N–H and O–H groups in total. The molecule has 5 rings (SSSR count). The summed E-state index contributed by atoms with van der Waals surface area (Å²) in [7, 11) is -1.49. The molecule has 1 aromatic heterocycles. The van der Waals surface area contributed by atoms with E-state index in [1.165, 1.54) is 38.3 Å². The Labute approximate surface area is 175 Å². The molecule has 0 unspecified atom stereocenters. The van der Waals surface area contributed by atoms with Crippen molar-refractivity contribution in [3.8, 4) is 10.4 Å². The zero-order valence-electron chi connectivity index (χ0n) is 16.4. The second-order valence-corrected chi connectivity index (χ2v) is 8.74. The lowest BCUT2D eigenvalue weighted by Crippen LogP contribution is -2.33. The average molecular weight is 396 g/mol. The average Bonchev–Trinajstić information content (AvgIpc) is 3.29. The van der Waals surface area contributed by atoms with Crippen molar-refractivity contribution in [3.63, 3.8) is 0 Å². The van der Waals surface area contributed by atoms with Gasteiger partial charge in [0.1, 0.15) is 0 Å². The van der Waals surface area contributed by atoms with E-state index < -0.39 is 12.5 Å². The van der Waals surface area contributed by atoms with Crippen molar-refractivity contribution >= 4 is 23.9 Å². The van der Waals surface area contributed by atoms with E-state index in [1.807, 2.05) is 18.2 Å². The Morgan fingerprint density at radius 2 is 1.31 bits per heavy atom. The van der Waals surface area contributed by atoms with Crippen LogP contribution >= 0.6 is 11.3 Å². The van der Waals surface area contributed by atoms with Crippen LogP contribution < -0.4 is 5.46 Å². The van der Waals surface area contributed by atoms with Gasteiger partial charge in [0.25, 0.3) is 0 Å². The molecular weight excluding hydrogens is 375 g/mol. The molecular formula is C25H21BO2S. The van der Waals surface area contributed by atoms with Gasteiger partial charge in [0.2, 0.25) is 0 Å². The second-order valence-electron chi connectivity index (χ2n) is 7.82. The standard InChI is InChI=1S/C25H21BO2S/c1-16-3-7-18(8-4-16)25(19-9-5-17(2)6-10-19)22-13-14-29-24(22)21-12-11-20(26(27)28)15-23(21)25/h3-15,27-28H,1-2H3. The Morgan fingerprint density at radius 3 is 1.86 bits per heavy atom. The number of hydrogen-bond acceptors (Lipinski definition) is 3. The smallest absolute Gasteiger partial charge is 0.423 e. The lowest BCUT2D eigenvalue weighted by Gasteiger charge is -2.33. The molecule has 0 bridgehead atoms. The van der Waals surface area contributed by atoms with Crippen LogP contribution in [-0.4, -0.2) is 17.2 Å². The molecule has 4 heteroatoms. The summed E-state index contributed by atoms with van der Waals surface area (Å²) in [6.07, 6.45) is 0. The molecule has 1 aliphatic carbocycles. The number of aryl methyl sites for hydroxylation is 2. The molecule has 142 valence electrons. The molecule has 2 nitrogen and oxygen atoms in total. The zero-order valence-corrected chi connectivity index (χ0v) is 17.2. The van der Waals surface area contributed by atoms with Crippen molar-refractivity contribution in [1.29, 1.82) is 0 Å². The van der Waals surface area contributed by atoms with E-state index in [-0.39, 0.29) is 0 Å². The molecule has 0 amide bonds. The zero-order chi connectivity index (χ0) is 20.2.